The molecule has 0 aliphatic carbocycles. The van der Waals surface area contributed by atoms with Gasteiger partial charge in [0.1, 0.15) is 5.75 Å². The van der Waals surface area contributed by atoms with Gasteiger partial charge in [-0.2, -0.15) is 0 Å². The van der Waals surface area contributed by atoms with Crippen molar-refractivity contribution in [3.05, 3.63) is 71.1 Å². The van der Waals surface area contributed by atoms with Crippen LogP contribution in [0.1, 0.15) is 41.8 Å². The van der Waals surface area contributed by atoms with Gasteiger partial charge in [-0.15, -0.1) is 10.2 Å². The van der Waals surface area contributed by atoms with Gasteiger partial charge in [-0.1, -0.05) is 55.1 Å². The normalized spacial score (nSPS) is 12.1. The number of hydrogen-bond donors (Lipinski definition) is 0. The summed E-state index contributed by atoms with van der Waals surface area (Å²) >= 11 is 1.58. The van der Waals surface area contributed by atoms with Crippen LogP contribution in [0, 0.1) is 13.8 Å². The maximum atomic E-state index is 5.81. The number of rotatable bonds is 9. The Labute approximate surface area is 165 Å². The molecule has 3 aromatic rings. The van der Waals surface area contributed by atoms with Crippen LogP contribution < -0.4 is 4.74 Å². The first-order valence-corrected chi connectivity index (χ1v) is 10.3. The second kappa shape index (κ2) is 9.60. The first-order chi connectivity index (χ1) is 13.1. The van der Waals surface area contributed by atoms with E-state index in [-0.39, 0.29) is 0 Å². The summed E-state index contributed by atoms with van der Waals surface area (Å²) in [5.41, 5.74) is 3.82. The topological polar surface area (TPSA) is 48.2 Å². The van der Waals surface area contributed by atoms with E-state index < -0.39 is 0 Å². The fraction of sp³-hybridized carbons (Fsp3) is 0.364. The van der Waals surface area contributed by atoms with E-state index in [9.17, 15) is 0 Å². The van der Waals surface area contributed by atoms with E-state index in [1.807, 2.05) is 12.1 Å². The van der Waals surface area contributed by atoms with Gasteiger partial charge in [0.05, 0.1) is 6.61 Å². The third kappa shape index (κ3) is 5.86. The third-order valence-electron chi connectivity index (χ3n) is 4.56. The highest BCUT2D eigenvalue weighted by Crippen LogP contribution is 2.23. The van der Waals surface area contributed by atoms with Crippen molar-refractivity contribution in [3.63, 3.8) is 0 Å². The Kier molecular flexibility index (Phi) is 6.93. The van der Waals surface area contributed by atoms with Gasteiger partial charge in [0.15, 0.2) is 0 Å². The molecule has 2 aromatic carbocycles. The summed E-state index contributed by atoms with van der Waals surface area (Å²) in [5, 5.41) is 8.96. The van der Waals surface area contributed by atoms with Gasteiger partial charge < -0.3 is 9.15 Å². The van der Waals surface area contributed by atoms with Crippen molar-refractivity contribution in [1.82, 2.24) is 10.2 Å². The van der Waals surface area contributed by atoms with Gasteiger partial charge in [-0.05, 0) is 55.0 Å². The van der Waals surface area contributed by atoms with E-state index in [2.05, 4.69) is 67.4 Å². The van der Waals surface area contributed by atoms with Crippen molar-refractivity contribution in [2.24, 2.45) is 0 Å². The van der Waals surface area contributed by atoms with Crippen LogP contribution in [0.25, 0.3) is 0 Å². The quantitative estimate of drug-likeness (QED) is 0.356. The summed E-state index contributed by atoms with van der Waals surface area (Å²) in [5.74, 6) is 2.87. The summed E-state index contributed by atoms with van der Waals surface area (Å²) in [4.78, 5) is 0. The van der Waals surface area contributed by atoms with Gasteiger partial charge >= 0.3 is 0 Å². The number of thioether (sulfide) groups is 1. The van der Waals surface area contributed by atoms with Crippen molar-refractivity contribution >= 4 is 11.8 Å². The largest absolute Gasteiger partial charge is 0.494 e. The highest BCUT2D eigenvalue weighted by Gasteiger charge is 2.12. The molecule has 0 aliphatic rings. The highest BCUT2D eigenvalue weighted by atomic mass is 32.2. The first-order valence-electron chi connectivity index (χ1n) is 9.32. The Morgan fingerprint density at radius 2 is 1.85 bits per heavy atom. The smallest absolute Gasteiger partial charge is 0.276 e. The summed E-state index contributed by atoms with van der Waals surface area (Å²) in [7, 11) is 0. The highest BCUT2D eigenvalue weighted by molar-refractivity contribution is 7.99. The van der Waals surface area contributed by atoms with Crippen LogP contribution in [-0.2, 0) is 6.42 Å². The molecule has 0 aliphatic heterocycles. The number of ether oxygens (including phenoxy) is 1. The molecule has 5 heteroatoms. The number of benzene rings is 2. The molecule has 1 atom stereocenters. The average Bonchev–Trinajstić information content (AvgIpc) is 3.12. The van der Waals surface area contributed by atoms with Gasteiger partial charge in [0, 0.05) is 12.2 Å². The molecular formula is C22H26N2O2S. The lowest BCUT2D eigenvalue weighted by Crippen LogP contribution is -1.99. The van der Waals surface area contributed by atoms with Crippen LogP contribution in [0.2, 0.25) is 0 Å². The molecule has 0 N–H and O–H groups in total. The van der Waals surface area contributed by atoms with Crippen LogP contribution >= 0.6 is 11.8 Å². The van der Waals surface area contributed by atoms with Crippen molar-refractivity contribution in [2.45, 2.75) is 44.8 Å². The number of aryl methyl sites for hydroxylation is 2. The zero-order chi connectivity index (χ0) is 19.1. The second-order valence-corrected chi connectivity index (χ2v) is 7.82. The summed E-state index contributed by atoms with van der Waals surface area (Å²) in [6.07, 6.45) is 1.68. The average molecular weight is 383 g/mol. The van der Waals surface area contributed by atoms with Crippen LogP contribution in [0.3, 0.4) is 0 Å². The molecule has 1 heterocycles. The molecule has 0 radical (unpaired) electrons. The lowest BCUT2D eigenvalue weighted by molar-refractivity contribution is 0.318. The van der Waals surface area contributed by atoms with E-state index in [0.717, 1.165) is 24.3 Å². The minimum absolute atomic E-state index is 0.357. The number of nitrogens with zero attached hydrogens (tertiary/aromatic N) is 2. The van der Waals surface area contributed by atoms with E-state index in [4.69, 9.17) is 9.15 Å². The number of hydrogen-bond acceptors (Lipinski definition) is 5. The molecule has 0 spiro atoms. The fourth-order valence-corrected chi connectivity index (χ4v) is 3.44. The molecule has 27 heavy (non-hydrogen) atoms. The van der Waals surface area contributed by atoms with Crippen LogP contribution in [0.15, 0.2) is 58.2 Å². The minimum atomic E-state index is 0.357. The van der Waals surface area contributed by atoms with E-state index in [0.29, 0.717) is 23.6 Å². The lowest BCUT2D eigenvalue weighted by atomic mass is 9.98. The molecule has 0 amide bonds. The summed E-state index contributed by atoms with van der Waals surface area (Å²) in [6.45, 7) is 7.07. The van der Waals surface area contributed by atoms with Crippen LogP contribution in [0.5, 0.6) is 5.75 Å². The lowest BCUT2D eigenvalue weighted by Gasteiger charge is -2.08. The summed E-state index contributed by atoms with van der Waals surface area (Å²) in [6, 6.07) is 16.6. The van der Waals surface area contributed by atoms with Gasteiger partial charge in [-0.3, -0.25) is 0 Å². The van der Waals surface area contributed by atoms with Crippen molar-refractivity contribution in [2.75, 3.05) is 12.4 Å². The molecule has 0 bridgehead atoms. The fourth-order valence-electron chi connectivity index (χ4n) is 2.75. The van der Waals surface area contributed by atoms with Gasteiger partial charge in [0.25, 0.3) is 5.22 Å². The SMILES string of the molecule is Cc1ccc(OCCCSc2nnc(CC(C)c3ccccc3)o2)cc1C. The van der Waals surface area contributed by atoms with Crippen molar-refractivity contribution in [1.29, 1.82) is 0 Å². The van der Waals surface area contributed by atoms with E-state index in [1.54, 1.807) is 11.8 Å². The van der Waals surface area contributed by atoms with Crippen molar-refractivity contribution in [3.8, 4) is 5.75 Å². The Morgan fingerprint density at radius 1 is 1.04 bits per heavy atom. The molecule has 0 fully saturated rings. The van der Waals surface area contributed by atoms with Crippen LogP contribution in [0.4, 0.5) is 0 Å². The maximum Gasteiger partial charge on any atom is 0.276 e. The molecule has 1 aromatic heterocycles. The predicted molar refractivity (Wildman–Crippen MR) is 110 cm³/mol. The molecule has 4 nitrogen and oxygen atoms in total. The number of aromatic nitrogens is 2. The molecule has 3 rings (SSSR count). The molecule has 0 saturated heterocycles. The third-order valence-corrected chi connectivity index (χ3v) is 5.46. The second-order valence-electron chi connectivity index (χ2n) is 6.77. The molecule has 1 unspecified atom stereocenters. The summed E-state index contributed by atoms with van der Waals surface area (Å²) < 4.78 is 11.6. The van der Waals surface area contributed by atoms with E-state index >= 15 is 0 Å². The molecular weight excluding hydrogens is 356 g/mol. The van der Waals surface area contributed by atoms with Crippen molar-refractivity contribution < 1.29 is 9.15 Å². The maximum absolute atomic E-state index is 5.81. The zero-order valence-electron chi connectivity index (χ0n) is 16.1. The predicted octanol–water partition coefficient (Wildman–Crippen LogP) is 5.59. The monoisotopic (exact) mass is 382 g/mol. The Morgan fingerprint density at radius 3 is 2.63 bits per heavy atom. The molecule has 142 valence electrons. The van der Waals surface area contributed by atoms with Gasteiger partial charge in [0.2, 0.25) is 5.89 Å². The Hall–Kier alpha value is -2.27. The van der Waals surface area contributed by atoms with E-state index in [1.165, 1.54) is 16.7 Å². The Bertz CT molecular complexity index is 849. The molecule has 0 saturated carbocycles. The van der Waals surface area contributed by atoms with Gasteiger partial charge in [-0.25, -0.2) is 0 Å². The minimum Gasteiger partial charge on any atom is -0.494 e. The first kappa shape index (κ1) is 19.5. The Balaban J connectivity index is 1.38. The standard InChI is InChI=1S/C22H26N2O2S/c1-16-10-11-20(14-17(16)2)25-12-7-13-27-22-24-23-21(26-22)15-18(3)19-8-5-4-6-9-19/h4-6,8-11,14,18H,7,12-13,15H2,1-3H3. The van der Waals surface area contributed by atoms with Crippen LogP contribution in [-0.4, -0.2) is 22.6 Å². The zero-order valence-corrected chi connectivity index (χ0v) is 17.0.